The van der Waals surface area contributed by atoms with Crippen LogP contribution in [0.1, 0.15) is 11.1 Å². The fraction of sp³-hybridized carbons (Fsp3) is 0.115. The van der Waals surface area contributed by atoms with E-state index < -0.39 is 6.36 Å². The van der Waals surface area contributed by atoms with Crippen LogP contribution in [0.25, 0.3) is 11.1 Å². The molecule has 4 aromatic rings. The zero-order valence-electron chi connectivity index (χ0n) is 17.5. The Morgan fingerprint density at radius 3 is 1.97 bits per heavy atom. The SMILES string of the molecule is O=c1c(-c2ccc(OC(F)(F)F)cc2)c(OCc2ccccc2)ccn1Cc1ccccc1. The predicted octanol–water partition coefficient (Wildman–Crippen LogP) is 6.04. The third-order valence-corrected chi connectivity index (χ3v) is 4.94. The van der Waals surface area contributed by atoms with Crippen molar-refractivity contribution in [1.29, 1.82) is 0 Å². The van der Waals surface area contributed by atoms with E-state index in [0.29, 0.717) is 17.9 Å². The van der Waals surface area contributed by atoms with Crippen molar-refractivity contribution in [3.05, 3.63) is 119 Å². The topological polar surface area (TPSA) is 40.5 Å². The summed E-state index contributed by atoms with van der Waals surface area (Å²) < 4.78 is 49.0. The maximum absolute atomic E-state index is 13.4. The third-order valence-electron chi connectivity index (χ3n) is 4.94. The minimum atomic E-state index is -4.79. The Balaban J connectivity index is 1.70. The Bertz CT molecular complexity index is 1250. The van der Waals surface area contributed by atoms with E-state index in [1.165, 1.54) is 24.3 Å². The highest BCUT2D eigenvalue weighted by Crippen LogP contribution is 2.30. The lowest BCUT2D eigenvalue weighted by molar-refractivity contribution is -0.274. The van der Waals surface area contributed by atoms with Gasteiger partial charge < -0.3 is 14.0 Å². The van der Waals surface area contributed by atoms with Crippen molar-refractivity contribution < 1.29 is 22.6 Å². The van der Waals surface area contributed by atoms with Crippen molar-refractivity contribution in [2.24, 2.45) is 0 Å². The monoisotopic (exact) mass is 451 g/mol. The summed E-state index contributed by atoms with van der Waals surface area (Å²) in [6.45, 7) is 0.589. The zero-order valence-corrected chi connectivity index (χ0v) is 17.5. The van der Waals surface area contributed by atoms with Gasteiger partial charge in [-0.25, -0.2) is 0 Å². The number of ether oxygens (including phenoxy) is 2. The lowest BCUT2D eigenvalue weighted by Crippen LogP contribution is -2.22. The maximum Gasteiger partial charge on any atom is 0.573 e. The minimum absolute atomic E-state index is 0.241. The predicted molar refractivity (Wildman–Crippen MR) is 119 cm³/mol. The van der Waals surface area contributed by atoms with Crippen molar-refractivity contribution >= 4 is 0 Å². The van der Waals surface area contributed by atoms with Gasteiger partial charge in [-0.2, -0.15) is 0 Å². The van der Waals surface area contributed by atoms with Crippen molar-refractivity contribution in [2.45, 2.75) is 19.5 Å². The number of rotatable bonds is 7. The first kappa shape index (κ1) is 22.2. The molecule has 0 unspecified atom stereocenters. The Morgan fingerprint density at radius 2 is 1.36 bits per heavy atom. The van der Waals surface area contributed by atoms with Crippen molar-refractivity contribution in [1.82, 2.24) is 4.57 Å². The van der Waals surface area contributed by atoms with Crippen LogP contribution in [0.2, 0.25) is 0 Å². The van der Waals surface area contributed by atoms with Crippen LogP contribution < -0.4 is 15.0 Å². The van der Waals surface area contributed by atoms with Crippen LogP contribution in [-0.2, 0) is 13.2 Å². The average Bonchev–Trinajstić information content (AvgIpc) is 2.80. The summed E-state index contributed by atoms with van der Waals surface area (Å²) in [7, 11) is 0. The maximum atomic E-state index is 13.4. The third kappa shape index (κ3) is 5.83. The molecule has 0 aliphatic rings. The Labute approximate surface area is 188 Å². The van der Waals surface area contributed by atoms with Gasteiger partial charge in [-0.1, -0.05) is 72.8 Å². The van der Waals surface area contributed by atoms with Gasteiger partial charge in [-0.15, -0.1) is 13.2 Å². The van der Waals surface area contributed by atoms with E-state index in [1.54, 1.807) is 16.8 Å². The van der Waals surface area contributed by atoms with E-state index in [9.17, 15) is 18.0 Å². The van der Waals surface area contributed by atoms with E-state index in [-0.39, 0.29) is 23.5 Å². The summed E-state index contributed by atoms with van der Waals surface area (Å²) in [6.07, 6.45) is -3.14. The second-order valence-corrected chi connectivity index (χ2v) is 7.32. The summed E-state index contributed by atoms with van der Waals surface area (Å²) >= 11 is 0. The molecule has 0 atom stereocenters. The summed E-state index contributed by atoms with van der Waals surface area (Å²) in [4.78, 5) is 13.4. The van der Waals surface area contributed by atoms with E-state index in [1.807, 2.05) is 60.7 Å². The molecule has 7 heteroatoms. The van der Waals surface area contributed by atoms with Crippen LogP contribution in [0, 0.1) is 0 Å². The molecule has 0 bridgehead atoms. The van der Waals surface area contributed by atoms with Crippen LogP contribution in [-0.4, -0.2) is 10.9 Å². The molecule has 168 valence electrons. The number of benzene rings is 3. The summed E-state index contributed by atoms with van der Waals surface area (Å²) in [5.41, 5.74) is 2.25. The van der Waals surface area contributed by atoms with Gasteiger partial charge in [0.25, 0.3) is 5.56 Å². The molecule has 4 rings (SSSR count). The first-order valence-corrected chi connectivity index (χ1v) is 10.2. The van der Waals surface area contributed by atoms with Gasteiger partial charge in [-0.05, 0) is 34.9 Å². The highest BCUT2D eigenvalue weighted by atomic mass is 19.4. The molecule has 0 saturated carbocycles. The average molecular weight is 451 g/mol. The number of aromatic nitrogens is 1. The van der Waals surface area contributed by atoms with Crippen molar-refractivity contribution in [3.8, 4) is 22.6 Å². The lowest BCUT2D eigenvalue weighted by atomic mass is 10.1. The molecule has 1 aromatic heterocycles. The first-order valence-electron chi connectivity index (χ1n) is 10.2. The molecule has 0 N–H and O–H groups in total. The molecule has 0 aliphatic heterocycles. The lowest BCUT2D eigenvalue weighted by Gasteiger charge is -2.15. The largest absolute Gasteiger partial charge is 0.573 e. The number of hydrogen-bond acceptors (Lipinski definition) is 3. The Morgan fingerprint density at radius 1 is 0.758 bits per heavy atom. The summed E-state index contributed by atoms with van der Waals surface area (Å²) in [5, 5.41) is 0. The number of pyridine rings is 1. The number of hydrogen-bond donors (Lipinski definition) is 0. The highest BCUT2D eigenvalue weighted by molar-refractivity contribution is 5.70. The summed E-state index contributed by atoms with van der Waals surface area (Å²) in [6, 6.07) is 25.8. The van der Waals surface area contributed by atoms with E-state index in [4.69, 9.17) is 4.74 Å². The van der Waals surface area contributed by atoms with Gasteiger partial charge >= 0.3 is 6.36 Å². The molecular weight excluding hydrogens is 431 g/mol. The van der Waals surface area contributed by atoms with Gasteiger partial charge in [-0.3, -0.25) is 4.79 Å². The van der Waals surface area contributed by atoms with E-state index >= 15 is 0 Å². The number of halogens is 3. The van der Waals surface area contributed by atoms with Crippen molar-refractivity contribution in [3.63, 3.8) is 0 Å². The van der Waals surface area contributed by atoms with Gasteiger partial charge in [0.2, 0.25) is 0 Å². The van der Waals surface area contributed by atoms with E-state index in [0.717, 1.165) is 11.1 Å². The molecule has 3 aromatic carbocycles. The van der Waals surface area contributed by atoms with Crippen LogP contribution in [0.3, 0.4) is 0 Å². The van der Waals surface area contributed by atoms with Crippen LogP contribution in [0.4, 0.5) is 13.2 Å². The molecule has 0 radical (unpaired) electrons. The second-order valence-electron chi connectivity index (χ2n) is 7.32. The van der Waals surface area contributed by atoms with Gasteiger partial charge in [0.15, 0.2) is 0 Å². The number of alkyl halides is 3. The zero-order chi connectivity index (χ0) is 23.3. The minimum Gasteiger partial charge on any atom is -0.488 e. The molecule has 33 heavy (non-hydrogen) atoms. The van der Waals surface area contributed by atoms with Gasteiger partial charge in [0, 0.05) is 6.20 Å². The second kappa shape index (κ2) is 9.65. The summed E-state index contributed by atoms with van der Waals surface area (Å²) in [5.74, 6) is -0.0174. The highest BCUT2D eigenvalue weighted by Gasteiger charge is 2.31. The fourth-order valence-corrected chi connectivity index (χ4v) is 3.41. The molecule has 0 amide bonds. The van der Waals surface area contributed by atoms with Gasteiger partial charge in [0.05, 0.1) is 12.1 Å². The fourth-order valence-electron chi connectivity index (χ4n) is 3.41. The molecule has 0 aliphatic carbocycles. The van der Waals surface area contributed by atoms with Crippen LogP contribution >= 0.6 is 0 Å². The molecule has 4 nitrogen and oxygen atoms in total. The van der Waals surface area contributed by atoms with Crippen LogP contribution in [0.15, 0.2) is 102 Å². The molecule has 0 saturated heterocycles. The molecular formula is C26H20F3NO3. The molecule has 1 heterocycles. The Kier molecular flexibility index (Phi) is 6.49. The quantitative estimate of drug-likeness (QED) is 0.344. The number of nitrogens with zero attached hydrogens (tertiary/aromatic N) is 1. The smallest absolute Gasteiger partial charge is 0.488 e. The van der Waals surface area contributed by atoms with E-state index in [2.05, 4.69) is 4.74 Å². The van der Waals surface area contributed by atoms with Crippen molar-refractivity contribution in [2.75, 3.05) is 0 Å². The first-order chi connectivity index (χ1) is 15.9. The molecule has 0 fully saturated rings. The molecule has 0 spiro atoms. The standard InChI is InChI=1S/C26H20F3NO3/c27-26(28,29)33-22-13-11-21(12-14-22)24-23(32-18-20-9-5-2-6-10-20)15-16-30(25(24)31)17-19-7-3-1-4-8-19/h1-16H,17-18H2. The normalized spacial score (nSPS) is 11.2. The Hall–Kier alpha value is -4.00. The van der Waals surface area contributed by atoms with Crippen LogP contribution in [0.5, 0.6) is 11.5 Å². The van der Waals surface area contributed by atoms with Gasteiger partial charge in [0.1, 0.15) is 18.1 Å².